The lowest BCUT2D eigenvalue weighted by Gasteiger charge is -2.18. The largest absolute Gasteiger partial charge is 0.495 e. The highest BCUT2D eigenvalue weighted by Gasteiger charge is 2.22. The summed E-state index contributed by atoms with van der Waals surface area (Å²) in [5.41, 5.74) is 2.15. The maximum atomic E-state index is 13.3. The number of anilines is 2. The molecule has 1 aromatic heterocycles. The molecule has 0 aliphatic heterocycles. The summed E-state index contributed by atoms with van der Waals surface area (Å²) in [6.07, 6.45) is 0. The van der Waals surface area contributed by atoms with E-state index in [0.717, 1.165) is 10.5 Å². The van der Waals surface area contributed by atoms with E-state index in [0.29, 0.717) is 27.0 Å². The summed E-state index contributed by atoms with van der Waals surface area (Å²) in [5.74, 6) is 0.225. The van der Waals surface area contributed by atoms with E-state index in [1.807, 2.05) is 66.0 Å². The Morgan fingerprint density at radius 2 is 1.65 bits per heavy atom. The predicted octanol–water partition coefficient (Wildman–Crippen LogP) is 7.13. The Kier molecular flexibility index (Phi) is 7.90. The first-order chi connectivity index (χ1) is 16.5. The first-order valence-corrected chi connectivity index (χ1v) is 12.5. The molecule has 34 heavy (non-hydrogen) atoms. The fraction of sp³-hybridized carbons (Fsp3) is 0.0769. The molecular weight excluding hydrogens is 488 g/mol. The van der Waals surface area contributed by atoms with E-state index < -0.39 is 5.25 Å². The van der Waals surface area contributed by atoms with E-state index in [1.165, 1.54) is 23.1 Å². The molecule has 1 atom stereocenters. The monoisotopic (exact) mass is 508 g/mol. The van der Waals surface area contributed by atoms with E-state index in [4.69, 9.17) is 16.3 Å². The van der Waals surface area contributed by atoms with Gasteiger partial charge in [0.2, 0.25) is 5.91 Å². The van der Waals surface area contributed by atoms with Crippen molar-refractivity contribution in [2.75, 3.05) is 17.7 Å². The minimum Gasteiger partial charge on any atom is -0.495 e. The Bertz CT molecular complexity index is 1260. The highest BCUT2D eigenvalue weighted by molar-refractivity contribution is 8.00. The fourth-order valence-corrected chi connectivity index (χ4v) is 5.11. The summed E-state index contributed by atoms with van der Waals surface area (Å²) in [4.78, 5) is 27.1. The number of hydrogen-bond donors (Lipinski definition) is 2. The van der Waals surface area contributed by atoms with E-state index in [2.05, 4.69) is 10.6 Å². The van der Waals surface area contributed by atoms with Crippen LogP contribution in [0.15, 0.2) is 95.2 Å². The summed E-state index contributed by atoms with van der Waals surface area (Å²) in [5, 5.41) is 7.63. The Balaban J connectivity index is 1.49. The van der Waals surface area contributed by atoms with Gasteiger partial charge in [0, 0.05) is 16.3 Å². The molecule has 1 unspecified atom stereocenters. The third-order valence-electron chi connectivity index (χ3n) is 4.87. The van der Waals surface area contributed by atoms with Crippen molar-refractivity contribution < 1.29 is 14.3 Å². The van der Waals surface area contributed by atoms with Crippen molar-refractivity contribution in [2.45, 2.75) is 10.1 Å². The van der Waals surface area contributed by atoms with Crippen LogP contribution in [0.2, 0.25) is 5.02 Å². The van der Waals surface area contributed by atoms with E-state index in [1.54, 1.807) is 31.4 Å². The topological polar surface area (TPSA) is 67.4 Å². The van der Waals surface area contributed by atoms with Gasteiger partial charge < -0.3 is 15.4 Å². The lowest BCUT2D eigenvalue weighted by molar-refractivity contribution is -0.115. The second kappa shape index (κ2) is 11.2. The molecule has 2 amide bonds. The van der Waals surface area contributed by atoms with Crippen molar-refractivity contribution >= 4 is 57.9 Å². The molecule has 4 rings (SSSR count). The van der Waals surface area contributed by atoms with Crippen LogP contribution in [-0.2, 0) is 4.79 Å². The van der Waals surface area contributed by atoms with Crippen LogP contribution in [0.4, 0.5) is 11.4 Å². The van der Waals surface area contributed by atoms with Crippen LogP contribution in [0.1, 0.15) is 20.5 Å². The zero-order chi connectivity index (χ0) is 23.9. The number of carbonyl (C=O) groups excluding carboxylic acids is 2. The Morgan fingerprint density at radius 3 is 2.29 bits per heavy atom. The van der Waals surface area contributed by atoms with Gasteiger partial charge in [0.25, 0.3) is 5.91 Å². The van der Waals surface area contributed by atoms with Crippen LogP contribution < -0.4 is 15.4 Å². The Hall–Kier alpha value is -3.26. The van der Waals surface area contributed by atoms with Crippen molar-refractivity contribution in [3.8, 4) is 5.75 Å². The van der Waals surface area contributed by atoms with E-state index >= 15 is 0 Å². The number of benzene rings is 3. The second-order valence-electron chi connectivity index (χ2n) is 7.20. The second-order valence-corrected chi connectivity index (χ2v) is 9.74. The predicted molar refractivity (Wildman–Crippen MR) is 140 cm³/mol. The van der Waals surface area contributed by atoms with Crippen LogP contribution in [0.3, 0.4) is 0 Å². The average molecular weight is 509 g/mol. The molecule has 0 aliphatic rings. The number of thiophene rings is 1. The minimum absolute atomic E-state index is 0.143. The number of carbonyl (C=O) groups is 2. The van der Waals surface area contributed by atoms with Crippen LogP contribution in [0.5, 0.6) is 5.75 Å². The van der Waals surface area contributed by atoms with Crippen molar-refractivity contribution in [1.29, 1.82) is 0 Å². The number of thioether (sulfide) groups is 1. The van der Waals surface area contributed by atoms with Gasteiger partial charge in [-0.25, -0.2) is 0 Å². The molecule has 1 heterocycles. The number of hydrogen-bond acceptors (Lipinski definition) is 5. The Morgan fingerprint density at radius 1 is 0.912 bits per heavy atom. The van der Waals surface area contributed by atoms with Crippen molar-refractivity contribution in [2.24, 2.45) is 0 Å². The first-order valence-electron chi connectivity index (χ1n) is 10.3. The van der Waals surface area contributed by atoms with Gasteiger partial charge in [0.1, 0.15) is 11.0 Å². The summed E-state index contributed by atoms with van der Waals surface area (Å²) in [6.45, 7) is 0. The zero-order valence-corrected chi connectivity index (χ0v) is 20.5. The standard InChI is InChI=1S/C26H21ClN2O3S2/c1-32-22-14-11-19(16-21(22)27)29-26(31)24(17-6-3-2-4-7-17)34-20-12-9-18(10-13-20)28-25(30)23-8-5-15-33-23/h2-16,24H,1H3,(H,28,30)(H,29,31). The molecule has 0 spiro atoms. The van der Waals surface area contributed by atoms with Crippen molar-refractivity contribution in [3.05, 3.63) is 106 Å². The van der Waals surface area contributed by atoms with Gasteiger partial charge in [0.15, 0.2) is 0 Å². The molecule has 0 aliphatic carbocycles. The number of amides is 2. The first kappa shape index (κ1) is 23.9. The molecule has 5 nitrogen and oxygen atoms in total. The summed E-state index contributed by atoms with van der Waals surface area (Å²) >= 11 is 9.03. The average Bonchev–Trinajstić information content (AvgIpc) is 3.39. The normalized spacial score (nSPS) is 11.5. The smallest absolute Gasteiger partial charge is 0.265 e. The van der Waals surface area contributed by atoms with Gasteiger partial charge in [-0.1, -0.05) is 48.0 Å². The van der Waals surface area contributed by atoms with E-state index in [-0.39, 0.29) is 11.8 Å². The molecule has 0 saturated heterocycles. The number of halogens is 1. The van der Waals surface area contributed by atoms with Crippen LogP contribution in [0, 0.1) is 0 Å². The molecule has 8 heteroatoms. The number of methoxy groups -OCH3 is 1. The highest BCUT2D eigenvalue weighted by Crippen LogP contribution is 2.37. The third-order valence-corrected chi connectivity index (χ3v) is 7.30. The fourth-order valence-electron chi connectivity index (χ4n) is 3.21. The molecule has 0 bridgehead atoms. The van der Waals surface area contributed by atoms with E-state index in [9.17, 15) is 9.59 Å². The Labute approximate surface area is 211 Å². The molecule has 3 aromatic carbocycles. The summed E-state index contributed by atoms with van der Waals surface area (Å²) in [6, 6.07) is 25.8. The van der Waals surface area contributed by atoms with Crippen molar-refractivity contribution in [1.82, 2.24) is 0 Å². The lowest BCUT2D eigenvalue weighted by atomic mass is 10.1. The molecule has 172 valence electrons. The number of ether oxygens (including phenoxy) is 1. The SMILES string of the molecule is COc1ccc(NC(=O)C(Sc2ccc(NC(=O)c3cccs3)cc2)c2ccccc2)cc1Cl. The maximum absolute atomic E-state index is 13.3. The zero-order valence-electron chi connectivity index (χ0n) is 18.2. The van der Waals surface area contributed by atoms with Gasteiger partial charge in [-0.15, -0.1) is 23.1 Å². The molecule has 0 saturated carbocycles. The summed E-state index contributed by atoms with van der Waals surface area (Å²) < 4.78 is 5.18. The summed E-state index contributed by atoms with van der Waals surface area (Å²) in [7, 11) is 1.54. The van der Waals surface area contributed by atoms with Gasteiger partial charge in [-0.05, 0) is 59.5 Å². The quantitative estimate of drug-likeness (QED) is 0.248. The van der Waals surface area contributed by atoms with Gasteiger partial charge in [-0.2, -0.15) is 0 Å². The molecular formula is C26H21ClN2O3S2. The molecule has 0 radical (unpaired) electrons. The van der Waals surface area contributed by atoms with Crippen LogP contribution in [0.25, 0.3) is 0 Å². The van der Waals surface area contributed by atoms with Gasteiger partial charge in [0.05, 0.1) is 17.0 Å². The number of rotatable bonds is 8. The lowest BCUT2D eigenvalue weighted by Crippen LogP contribution is -2.19. The minimum atomic E-state index is -0.492. The molecule has 0 fully saturated rings. The van der Waals surface area contributed by atoms with Crippen LogP contribution >= 0.6 is 34.7 Å². The van der Waals surface area contributed by atoms with Crippen molar-refractivity contribution in [3.63, 3.8) is 0 Å². The molecule has 4 aromatic rings. The highest BCUT2D eigenvalue weighted by atomic mass is 35.5. The van der Waals surface area contributed by atoms with Gasteiger partial charge in [-0.3, -0.25) is 9.59 Å². The molecule has 2 N–H and O–H groups in total. The van der Waals surface area contributed by atoms with Gasteiger partial charge >= 0.3 is 0 Å². The maximum Gasteiger partial charge on any atom is 0.265 e. The third kappa shape index (κ3) is 5.99. The number of nitrogens with one attached hydrogen (secondary N) is 2. The van der Waals surface area contributed by atoms with Crippen LogP contribution in [-0.4, -0.2) is 18.9 Å².